The molecule has 1 aromatic carbocycles. The van der Waals surface area contributed by atoms with Gasteiger partial charge in [0.15, 0.2) is 5.69 Å². The molecule has 25 heavy (non-hydrogen) atoms. The predicted octanol–water partition coefficient (Wildman–Crippen LogP) is 3.22. The summed E-state index contributed by atoms with van der Waals surface area (Å²) in [4.78, 5) is 14.0. The van der Waals surface area contributed by atoms with Gasteiger partial charge in [0.05, 0.1) is 24.1 Å². The third-order valence-corrected chi connectivity index (χ3v) is 4.54. The molecule has 0 bridgehead atoms. The fourth-order valence-electron chi connectivity index (χ4n) is 3.26. The number of carbonyl (C=O) groups is 1. The van der Waals surface area contributed by atoms with Crippen LogP contribution in [0.25, 0.3) is 5.69 Å². The molecule has 0 aliphatic heterocycles. The highest BCUT2D eigenvalue weighted by molar-refractivity contribution is 6.02. The van der Waals surface area contributed by atoms with Crippen LogP contribution < -0.4 is 5.32 Å². The number of amides is 1. The fourth-order valence-corrected chi connectivity index (χ4v) is 3.26. The molecule has 2 heterocycles. The van der Waals surface area contributed by atoms with Crippen LogP contribution in [-0.4, -0.2) is 30.7 Å². The zero-order chi connectivity index (χ0) is 17.1. The predicted molar refractivity (Wildman–Crippen MR) is 93.7 cm³/mol. The van der Waals surface area contributed by atoms with Gasteiger partial charge in [0, 0.05) is 6.07 Å². The molecule has 7 nitrogen and oxygen atoms in total. The van der Waals surface area contributed by atoms with E-state index in [1.165, 1.54) is 30.3 Å². The Bertz CT molecular complexity index is 847. The smallest absolute Gasteiger partial charge is 0.279 e. The molecule has 4 rings (SSSR count). The minimum atomic E-state index is -0.278. The molecule has 1 fully saturated rings. The largest absolute Gasteiger partial charge is 0.305 e. The van der Waals surface area contributed by atoms with Gasteiger partial charge in [-0.2, -0.15) is 15.0 Å². The van der Waals surface area contributed by atoms with Gasteiger partial charge in [-0.1, -0.05) is 37.5 Å². The van der Waals surface area contributed by atoms with Crippen LogP contribution in [0.5, 0.6) is 0 Å². The second kappa shape index (κ2) is 6.88. The van der Waals surface area contributed by atoms with Crippen molar-refractivity contribution in [3.63, 3.8) is 0 Å². The van der Waals surface area contributed by atoms with E-state index in [0.29, 0.717) is 11.9 Å². The van der Waals surface area contributed by atoms with Crippen molar-refractivity contribution in [1.82, 2.24) is 24.8 Å². The SMILES string of the molecule is O=C(Nc1ccnn1C1CCCCC1)c1cnn(-c2ccccc2)n1. The number of para-hydroxylation sites is 1. The topological polar surface area (TPSA) is 77.6 Å². The van der Waals surface area contributed by atoms with Crippen molar-refractivity contribution in [2.45, 2.75) is 38.1 Å². The van der Waals surface area contributed by atoms with E-state index in [9.17, 15) is 4.79 Å². The van der Waals surface area contributed by atoms with E-state index in [-0.39, 0.29) is 11.6 Å². The highest BCUT2D eigenvalue weighted by atomic mass is 16.2. The van der Waals surface area contributed by atoms with Crippen molar-refractivity contribution < 1.29 is 4.79 Å². The summed E-state index contributed by atoms with van der Waals surface area (Å²) in [5, 5.41) is 15.8. The van der Waals surface area contributed by atoms with Crippen LogP contribution in [0.15, 0.2) is 48.8 Å². The van der Waals surface area contributed by atoms with Crippen LogP contribution in [0.1, 0.15) is 48.6 Å². The molecule has 0 radical (unpaired) electrons. The Balaban J connectivity index is 1.50. The Hall–Kier alpha value is -2.96. The Labute approximate surface area is 145 Å². The summed E-state index contributed by atoms with van der Waals surface area (Å²) < 4.78 is 1.93. The lowest BCUT2D eigenvalue weighted by molar-refractivity contribution is 0.102. The number of hydrogen-bond acceptors (Lipinski definition) is 4. The number of benzene rings is 1. The van der Waals surface area contributed by atoms with Crippen molar-refractivity contribution in [2.24, 2.45) is 0 Å². The maximum absolute atomic E-state index is 12.5. The third-order valence-electron chi connectivity index (χ3n) is 4.54. The monoisotopic (exact) mass is 336 g/mol. The normalized spacial score (nSPS) is 15.2. The molecule has 2 aromatic heterocycles. The van der Waals surface area contributed by atoms with Gasteiger partial charge in [-0.25, -0.2) is 4.68 Å². The third kappa shape index (κ3) is 3.31. The van der Waals surface area contributed by atoms with Crippen LogP contribution in [-0.2, 0) is 0 Å². The van der Waals surface area contributed by atoms with Crippen molar-refractivity contribution in [1.29, 1.82) is 0 Å². The first-order chi connectivity index (χ1) is 12.3. The van der Waals surface area contributed by atoms with E-state index in [2.05, 4.69) is 20.6 Å². The first-order valence-corrected chi connectivity index (χ1v) is 8.64. The van der Waals surface area contributed by atoms with Crippen LogP contribution in [0, 0.1) is 0 Å². The van der Waals surface area contributed by atoms with Crippen LogP contribution >= 0.6 is 0 Å². The maximum Gasteiger partial charge on any atom is 0.279 e. The van der Waals surface area contributed by atoms with Gasteiger partial charge in [0.1, 0.15) is 5.82 Å². The zero-order valence-electron chi connectivity index (χ0n) is 13.9. The highest BCUT2D eigenvalue weighted by Crippen LogP contribution is 2.29. The number of aromatic nitrogens is 5. The first kappa shape index (κ1) is 15.6. The van der Waals surface area contributed by atoms with Crippen molar-refractivity contribution in [3.05, 3.63) is 54.5 Å². The van der Waals surface area contributed by atoms with Gasteiger partial charge in [0.2, 0.25) is 0 Å². The summed E-state index contributed by atoms with van der Waals surface area (Å²) in [5.74, 6) is 0.436. The van der Waals surface area contributed by atoms with Gasteiger partial charge in [-0.05, 0) is 25.0 Å². The lowest BCUT2D eigenvalue weighted by Gasteiger charge is -2.23. The van der Waals surface area contributed by atoms with E-state index in [0.717, 1.165) is 18.5 Å². The van der Waals surface area contributed by atoms with Gasteiger partial charge in [0.25, 0.3) is 5.91 Å². The Morgan fingerprint density at radius 3 is 2.64 bits per heavy atom. The number of rotatable bonds is 4. The highest BCUT2D eigenvalue weighted by Gasteiger charge is 2.20. The van der Waals surface area contributed by atoms with Crippen LogP contribution in [0.3, 0.4) is 0 Å². The molecule has 0 unspecified atom stereocenters. The maximum atomic E-state index is 12.5. The molecule has 128 valence electrons. The fraction of sp³-hybridized carbons (Fsp3) is 0.333. The number of nitrogens with zero attached hydrogens (tertiary/aromatic N) is 5. The minimum absolute atomic E-state index is 0.278. The van der Waals surface area contributed by atoms with Crippen LogP contribution in [0.4, 0.5) is 5.82 Å². The molecule has 1 aliphatic carbocycles. The zero-order valence-corrected chi connectivity index (χ0v) is 13.9. The first-order valence-electron chi connectivity index (χ1n) is 8.64. The van der Waals surface area contributed by atoms with E-state index in [1.807, 2.05) is 41.1 Å². The summed E-state index contributed by atoms with van der Waals surface area (Å²) >= 11 is 0. The van der Waals surface area contributed by atoms with E-state index < -0.39 is 0 Å². The summed E-state index contributed by atoms with van der Waals surface area (Å²) in [6.07, 6.45) is 9.12. The van der Waals surface area contributed by atoms with Crippen molar-refractivity contribution in [3.8, 4) is 5.69 Å². The second-order valence-corrected chi connectivity index (χ2v) is 6.26. The number of carbonyl (C=O) groups excluding carboxylic acids is 1. The molecule has 1 amide bonds. The molecule has 1 aliphatic rings. The Kier molecular flexibility index (Phi) is 4.28. The molecular formula is C18H20N6O. The molecule has 7 heteroatoms. The molecule has 0 atom stereocenters. The number of anilines is 1. The summed E-state index contributed by atoms with van der Waals surface area (Å²) in [6, 6.07) is 11.7. The summed E-state index contributed by atoms with van der Waals surface area (Å²) in [6.45, 7) is 0. The van der Waals surface area contributed by atoms with E-state index in [1.54, 1.807) is 6.20 Å². The van der Waals surface area contributed by atoms with Crippen LogP contribution in [0.2, 0.25) is 0 Å². The van der Waals surface area contributed by atoms with E-state index in [4.69, 9.17) is 0 Å². The van der Waals surface area contributed by atoms with Crippen molar-refractivity contribution in [2.75, 3.05) is 5.32 Å². The van der Waals surface area contributed by atoms with Crippen molar-refractivity contribution >= 4 is 11.7 Å². The van der Waals surface area contributed by atoms with E-state index >= 15 is 0 Å². The standard InChI is InChI=1S/C18H20N6O/c25-18(16-13-20-24(22-16)15-9-5-2-6-10-15)21-17-11-12-19-23(17)14-7-3-1-4-8-14/h2,5-6,9-14H,1,3-4,7-8H2,(H,21,25). The molecule has 1 N–H and O–H groups in total. The average molecular weight is 336 g/mol. The van der Waals surface area contributed by atoms with Gasteiger partial charge in [-0.3, -0.25) is 4.79 Å². The summed E-state index contributed by atoms with van der Waals surface area (Å²) in [5.41, 5.74) is 1.09. The minimum Gasteiger partial charge on any atom is -0.305 e. The Morgan fingerprint density at radius 1 is 1.04 bits per heavy atom. The molecular weight excluding hydrogens is 316 g/mol. The molecule has 0 saturated heterocycles. The number of nitrogens with one attached hydrogen (secondary N) is 1. The molecule has 3 aromatic rings. The molecule has 0 spiro atoms. The second-order valence-electron chi connectivity index (χ2n) is 6.26. The Morgan fingerprint density at radius 2 is 1.84 bits per heavy atom. The summed E-state index contributed by atoms with van der Waals surface area (Å²) in [7, 11) is 0. The number of hydrogen-bond donors (Lipinski definition) is 1. The quantitative estimate of drug-likeness (QED) is 0.793. The average Bonchev–Trinajstić information content (AvgIpc) is 3.33. The van der Waals surface area contributed by atoms with Gasteiger partial charge >= 0.3 is 0 Å². The lowest BCUT2D eigenvalue weighted by Crippen LogP contribution is -2.20. The van der Waals surface area contributed by atoms with Gasteiger partial charge in [-0.15, -0.1) is 5.10 Å². The lowest BCUT2D eigenvalue weighted by atomic mass is 9.96. The molecule has 1 saturated carbocycles. The van der Waals surface area contributed by atoms with Gasteiger partial charge < -0.3 is 5.32 Å².